The van der Waals surface area contributed by atoms with Gasteiger partial charge in [-0.2, -0.15) is 8.78 Å². The van der Waals surface area contributed by atoms with Crippen molar-refractivity contribution >= 4 is 28.9 Å². The van der Waals surface area contributed by atoms with Crippen molar-refractivity contribution in [3.63, 3.8) is 0 Å². The molecule has 0 fully saturated rings. The molecule has 176 valence electrons. The molecule has 8 nitrogen and oxygen atoms in total. The van der Waals surface area contributed by atoms with E-state index in [0.29, 0.717) is 23.5 Å². The average molecular weight is 486 g/mol. The summed E-state index contributed by atoms with van der Waals surface area (Å²) in [5, 5.41) is 19.2. The van der Waals surface area contributed by atoms with Crippen molar-refractivity contribution in [1.29, 1.82) is 0 Å². The molecule has 4 aromatic heterocycles. The number of anilines is 2. The predicted molar refractivity (Wildman–Crippen MR) is 124 cm³/mol. The van der Waals surface area contributed by atoms with Gasteiger partial charge in [0, 0.05) is 40.7 Å². The van der Waals surface area contributed by atoms with Crippen molar-refractivity contribution in [2.75, 3.05) is 5.32 Å². The molecular formula is C23H21F2N5O3S. The number of hydrogen-bond donors (Lipinski definition) is 2. The molecule has 4 heterocycles. The largest absolute Gasteiger partial charge is 0.478 e. The Balaban J connectivity index is 1.69. The highest BCUT2D eigenvalue weighted by Crippen LogP contribution is 2.29. The van der Waals surface area contributed by atoms with E-state index in [0.717, 1.165) is 10.6 Å². The van der Waals surface area contributed by atoms with E-state index in [9.17, 15) is 18.7 Å². The van der Waals surface area contributed by atoms with Gasteiger partial charge < -0.3 is 15.2 Å². The summed E-state index contributed by atoms with van der Waals surface area (Å²) in [6.07, 6.45) is 3.59. The Kier molecular flexibility index (Phi) is 6.82. The van der Waals surface area contributed by atoms with E-state index < -0.39 is 12.6 Å². The number of nitrogens with one attached hydrogen (secondary N) is 1. The van der Waals surface area contributed by atoms with Crippen LogP contribution in [0, 0.1) is 5.92 Å². The lowest BCUT2D eigenvalue weighted by Gasteiger charge is -2.10. The number of carbonyl (C=O) groups is 1. The van der Waals surface area contributed by atoms with Crippen LogP contribution in [-0.2, 0) is 6.42 Å². The molecule has 0 aromatic carbocycles. The molecule has 0 aliphatic carbocycles. The molecule has 0 saturated heterocycles. The highest BCUT2D eigenvalue weighted by atomic mass is 32.1. The maximum Gasteiger partial charge on any atom is 0.388 e. The van der Waals surface area contributed by atoms with Crippen molar-refractivity contribution in [3.8, 4) is 22.0 Å². The van der Waals surface area contributed by atoms with Gasteiger partial charge >= 0.3 is 12.6 Å². The van der Waals surface area contributed by atoms with Crippen molar-refractivity contribution in [2.24, 2.45) is 5.92 Å². The van der Waals surface area contributed by atoms with Gasteiger partial charge in [0.25, 0.3) is 0 Å². The molecule has 0 atom stereocenters. The van der Waals surface area contributed by atoms with Crippen LogP contribution in [0.2, 0.25) is 0 Å². The molecule has 0 aliphatic rings. The minimum Gasteiger partial charge on any atom is -0.478 e. The van der Waals surface area contributed by atoms with Crippen molar-refractivity contribution in [2.45, 2.75) is 26.9 Å². The van der Waals surface area contributed by atoms with E-state index in [1.54, 1.807) is 29.1 Å². The molecule has 0 aliphatic heterocycles. The highest BCUT2D eigenvalue weighted by molar-refractivity contribution is 7.13. The van der Waals surface area contributed by atoms with E-state index >= 15 is 0 Å². The Morgan fingerprint density at radius 2 is 2.06 bits per heavy atom. The quantitative estimate of drug-likeness (QED) is 0.317. The number of pyridine rings is 2. The van der Waals surface area contributed by atoms with Crippen LogP contribution in [0.4, 0.5) is 20.4 Å². The molecule has 11 heteroatoms. The standard InChI is InChI=1S/C23H21F2N5O3S/c1-13(2)8-16-10-19(29-30(16)15-5-6-26-20(11-15)33-23(24)25)28-21-17(22(31)32)9-14(12-27-21)18-4-3-7-34-18/h3-7,9-13,23H,8H2,1-2H3,(H,31,32)(H,27,28,29). The summed E-state index contributed by atoms with van der Waals surface area (Å²) in [4.78, 5) is 20.9. The minimum atomic E-state index is -3.00. The third-order valence-electron chi connectivity index (χ3n) is 4.74. The number of aromatic carboxylic acids is 1. The lowest BCUT2D eigenvalue weighted by molar-refractivity contribution is -0.0528. The Morgan fingerprint density at radius 1 is 1.24 bits per heavy atom. The van der Waals surface area contributed by atoms with Crippen LogP contribution in [0.25, 0.3) is 16.1 Å². The van der Waals surface area contributed by atoms with Gasteiger partial charge in [-0.25, -0.2) is 19.4 Å². The van der Waals surface area contributed by atoms with E-state index in [4.69, 9.17) is 0 Å². The maximum atomic E-state index is 12.6. The van der Waals surface area contributed by atoms with Crippen molar-refractivity contribution in [1.82, 2.24) is 19.7 Å². The number of thiophene rings is 1. The Morgan fingerprint density at radius 3 is 2.74 bits per heavy atom. The smallest absolute Gasteiger partial charge is 0.388 e. The number of rotatable bonds is 9. The van der Waals surface area contributed by atoms with E-state index in [1.807, 2.05) is 31.4 Å². The molecule has 0 radical (unpaired) electrons. The van der Waals surface area contributed by atoms with Crippen LogP contribution >= 0.6 is 11.3 Å². The fourth-order valence-electron chi connectivity index (χ4n) is 3.38. The van der Waals surface area contributed by atoms with Gasteiger partial charge in [-0.05, 0) is 35.9 Å². The molecule has 0 saturated carbocycles. The molecule has 4 rings (SSSR count). The van der Waals surface area contributed by atoms with Crippen LogP contribution < -0.4 is 10.1 Å². The maximum absolute atomic E-state index is 12.6. The first-order valence-corrected chi connectivity index (χ1v) is 11.2. The summed E-state index contributed by atoms with van der Waals surface area (Å²) in [7, 11) is 0. The minimum absolute atomic E-state index is 0.00221. The first-order valence-electron chi connectivity index (χ1n) is 10.3. The number of hydrogen-bond acceptors (Lipinski definition) is 7. The average Bonchev–Trinajstić information content (AvgIpc) is 3.44. The van der Waals surface area contributed by atoms with Gasteiger partial charge in [0.1, 0.15) is 11.4 Å². The lowest BCUT2D eigenvalue weighted by Crippen LogP contribution is -2.08. The number of halogens is 2. The summed E-state index contributed by atoms with van der Waals surface area (Å²) in [6.45, 7) is 1.08. The van der Waals surface area contributed by atoms with Gasteiger partial charge in [-0.1, -0.05) is 19.9 Å². The SMILES string of the molecule is CC(C)Cc1cc(Nc2ncc(-c3cccs3)cc2C(=O)O)nn1-c1ccnc(OC(F)F)c1. The number of carboxylic acids is 1. The number of carboxylic acid groups (broad SMARTS) is 1. The fourth-order valence-corrected chi connectivity index (χ4v) is 4.09. The number of nitrogens with zero attached hydrogens (tertiary/aromatic N) is 4. The number of aromatic nitrogens is 4. The first kappa shape index (κ1) is 23.3. The molecule has 4 aromatic rings. The van der Waals surface area contributed by atoms with E-state index in [2.05, 4.69) is 25.1 Å². The summed E-state index contributed by atoms with van der Waals surface area (Å²) < 4.78 is 31.2. The van der Waals surface area contributed by atoms with E-state index in [-0.39, 0.29) is 23.2 Å². The van der Waals surface area contributed by atoms with Crippen LogP contribution in [0.15, 0.2) is 54.2 Å². The van der Waals surface area contributed by atoms with Crippen LogP contribution in [0.1, 0.15) is 29.9 Å². The summed E-state index contributed by atoms with van der Waals surface area (Å²) in [6, 6.07) is 10.1. The van der Waals surface area contributed by atoms with Crippen LogP contribution in [-0.4, -0.2) is 37.4 Å². The molecule has 2 N–H and O–H groups in total. The van der Waals surface area contributed by atoms with Crippen molar-refractivity contribution in [3.05, 3.63) is 65.4 Å². The van der Waals surface area contributed by atoms with Gasteiger partial charge in [0.15, 0.2) is 5.82 Å². The van der Waals surface area contributed by atoms with Crippen molar-refractivity contribution < 1.29 is 23.4 Å². The first-order chi connectivity index (χ1) is 16.3. The van der Waals surface area contributed by atoms with Gasteiger partial charge in [-0.3, -0.25) is 0 Å². The zero-order chi connectivity index (χ0) is 24.2. The molecule has 0 amide bonds. The van der Waals surface area contributed by atoms with Gasteiger partial charge in [0.05, 0.1) is 5.69 Å². The second kappa shape index (κ2) is 9.96. The summed E-state index contributed by atoms with van der Waals surface area (Å²) >= 11 is 1.49. The fraction of sp³-hybridized carbons (Fsp3) is 0.217. The molecule has 0 bridgehead atoms. The van der Waals surface area contributed by atoms with Gasteiger partial charge in [0.2, 0.25) is 5.88 Å². The van der Waals surface area contributed by atoms with Crippen LogP contribution in [0.3, 0.4) is 0 Å². The number of alkyl halides is 2. The zero-order valence-electron chi connectivity index (χ0n) is 18.3. The van der Waals surface area contributed by atoms with Gasteiger partial charge in [-0.15, -0.1) is 16.4 Å². The molecule has 34 heavy (non-hydrogen) atoms. The Bertz CT molecular complexity index is 1290. The number of ether oxygens (including phenoxy) is 1. The Hall–Kier alpha value is -3.86. The third kappa shape index (κ3) is 5.37. The molecular weight excluding hydrogens is 464 g/mol. The molecule has 0 spiro atoms. The second-order valence-corrected chi connectivity index (χ2v) is 8.74. The normalized spacial score (nSPS) is 11.2. The second-order valence-electron chi connectivity index (χ2n) is 7.79. The monoisotopic (exact) mass is 485 g/mol. The summed E-state index contributed by atoms with van der Waals surface area (Å²) in [5.41, 5.74) is 1.97. The molecule has 0 unspecified atom stereocenters. The lowest BCUT2D eigenvalue weighted by atomic mass is 10.1. The van der Waals surface area contributed by atoms with Crippen LogP contribution in [0.5, 0.6) is 5.88 Å². The summed E-state index contributed by atoms with van der Waals surface area (Å²) in [5.74, 6) is -0.572. The topological polar surface area (TPSA) is 102 Å². The zero-order valence-corrected chi connectivity index (χ0v) is 19.1. The van der Waals surface area contributed by atoms with E-state index in [1.165, 1.54) is 23.6 Å². The predicted octanol–water partition coefficient (Wildman–Crippen LogP) is 5.63. The highest BCUT2D eigenvalue weighted by Gasteiger charge is 2.18. The Labute approximate surface area is 197 Å². The third-order valence-corrected chi connectivity index (χ3v) is 5.66.